The molecule has 4 rings (SSSR count). The summed E-state index contributed by atoms with van der Waals surface area (Å²) in [5.74, 6) is 0.969. The van der Waals surface area contributed by atoms with Crippen LogP contribution < -0.4 is 10.1 Å². The van der Waals surface area contributed by atoms with Crippen LogP contribution >= 0.6 is 0 Å². The highest BCUT2D eigenvalue weighted by atomic mass is 16.5. The van der Waals surface area contributed by atoms with Gasteiger partial charge in [-0.1, -0.05) is 30.3 Å². The van der Waals surface area contributed by atoms with Crippen LogP contribution in [0, 0.1) is 0 Å². The van der Waals surface area contributed by atoms with Gasteiger partial charge >= 0.3 is 0 Å². The van der Waals surface area contributed by atoms with E-state index in [4.69, 9.17) is 9.47 Å². The van der Waals surface area contributed by atoms with Crippen LogP contribution in [-0.4, -0.2) is 36.7 Å². The zero-order valence-corrected chi connectivity index (χ0v) is 14.1. The summed E-state index contributed by atoms with van der Waals surface area (Å²) in [6.07, 6.45) is 1.53. The number of carbonyl (C=O) groups is 1. The van der Waals surface area contributed by atoms with Crippen LogP contribution in [0.15, 0.2) is 48.5 Å². The molecule has 0 bridgehead atoms. The summed E-state index contributed by atoms with van der Waals surface area (Å²) in [7, 11) is 0. The summed E-state index contributed by atoms with van der Waals surface area (Å²) in [4.78, 5) is 13.6. The van der Waals surface area contributed by atoms with Crippen molar-refractivity contribution in [1.29, 1.82) is 0 Å². The quantitative estimate of drug-likeness (QED) is 0.880. The molecule has 2 aromatic rings. The molecule has 25 heavy (non-hydrogen) atoms. The third-order valence-corrected chi connectivity index (χ3v) is 4.58. The number of nitrogens with zero attached hydrogens (tertiary/aromatic N) is 1. The molecule has 1 N–H and O–H groups in total. The van der Waals surface area contributed by atoms with Gasteiger partial charge in [0, 0.05) is 25.2 Å². The summed E-state index contributed by atoms with van der Waals surface area (Å²) in [6.45, 7) is 3.02. The molecular formula is C20H22N2O3. The van der Waals surface area contributed by atoms with Crippen molar-refractivity contribution >= 4 is 11.6 Å². The van der Waals surface area contributed by atoms with E-state index in [2.05, 4.69) is 22.3 Å². The average molecular weight is 338 g/mol. The predicted octanol–water partition coefficient (Wildman–Crippen LogP) is 2.81. The van der Waals surface area contributed by atoms with Crippen molar-refractivity contribution in [2.75, 3.05) is 25.1 Å². The Balaban J connectivity index is 1.20. The third kappa shape index (κ3) is 4.00. The summed E-state index contributed by atoms with van der Waals surface area (Å²) in [6, 6.07) is 16.1. The standard InChI is InChI=1S/C20H22N2O3/c23-20-9-6-16-10-17(7-8-19(16)21-20)25-18-11-22(12-18)14-24-13-15-4-2-1-3-5-15/h1-5,7-8,10,18H,6,9,11-14H2,(H,21,23). The molecule has 5 heteroatoms. The average Bonchev–Trinajstić information content (AvgIpc) is 2.60. The number of rotatable bonds is 6. The van der Waals surface area contributed by atoms with Crippen LogP contribution in [0.2, 0.25) is 0 Å². The number of carbonyl (C=O) groups excluding carboxylic acids is 1. The molecule has 2 aliphatic rings. The van der Waals surface area contributed by atoms with Gasteiger partial charge in [-0.25, -0.2) is 0 Å². The number of anilines is 1. The molecule has 1 amide bonds. The fourth-order valence-corrected chi connectivity index (χ4v) is 3.19. The summed E-state index contributed by atoms with van der Waals surface area (Å²) < 4.78 is 11.8. The number of ether oxygens (including phenoxy) is 2. The van der Waals surface area contributed by atoms with Gasteiger partial charge in [0.15, 0.2) is 0 Å². The zero-order chi connectivity index (χ0) is 17.1. The molecule has 2 aromatic carbocycles. The van der Waals surface area contributed by atoms with Crippen molar-refractivity contribution in [2.45, 2.75) is 25.6 Å². The van der Waals surface area contributed by atoms with E-state index in [9.17, 15) is 4.79 Å². The minimum absolute atomic E-state index is 0.0892. The number of amides is 1. The second kappa shape index (κ2) is 7.25. The van der Waals surface area contributed by atoms with Crippen LogP contribution in [0.3, 0.4) is 0 Å². The topological polar surface area (TPSA) is 50.8 Å². The first-order chi connectivity index (χ1) is 12.3. The van der Waals surface area contributed by atoms with E-state index in [0.717, 1.165) is 36.5 Å². The van der Waals surface area contributed by atoms with Gasteiger partial charge in [-0.3, -0.25) is 9.69 Å². The molecule has 2 aliphatic heterocycles. The van der Waals surface area contributed by atoms with Crippen LogP contribution in [0.4, 0.5) is 5.69 Å². The molecule has 0 unspecified atom stereocenters. The number of fused-ring (bicyclic) bond motifs is 1. The molecule has 1 saturated heterocycles. The van der Waals surface area contributed by atoms with Gasteiger partial charge < -0.3 is 14.8 Å². The Morgan fingerprint density at radius 1 is 1.08 bits per heavy atom. The molecule has 130 valence electrons. The first-order valence-corrected chi connectivity index (χ1v) is 8.70. The van der Waals surface area contributed by atoms with E-state index in [1.54, 1.807) is 0 Å². The zero-order valence-electron chi connectivity index (χ0n) is 14.1. The lowest BCUT2D eigenvalue weighted by atomic mass is 10.0. The lowest BCUT2D eigenvalue weighted by Gasteiger charge is -2.38. The Labute approximate surface area is 147 Å². The van der Waals surface area contributed by atoms with Crippen molar-refractivity contribution in [2.24, 2.45) is 0 Å². The number of benzene rings is 2. The minimum atomic E-state index is 0.0892. The molecule has 0 spiro atoms. The van der Waals surface area contributed by atoms with Crippen molar-refractivity contribution in [3.8, 4) is 5.75 Å². The Bertz CT molecular complexity index is 742. The Morgan fingerprint density at radius 3 is 2.76 bits per heavy atom. The highest BCUT2D eigenvalue weighted by Crippen LogP contribution is 2.28. The predicted molar refractivity (Wildman–Crippen MR) is 95.5 cm³/mol. The maximum Gasteiger partial charge on any atom is 0.224 e. The van der Waals surface area contributed by atoms with E-state index in [1.807, 2.05) is 36.4 Å². The van der Waals surface area contributed by atoms with E-state index in [0.29, 0.717) is 19.8 Å². The Hall–Kier alpha value is -2.37. The number of aryl methyl sites for hydroxylation is 1. The normalized spacial score (nSPS) is 17.5. The molecule has 0 saturated carbocycles. The van der Waals surface area contributed by atoms with Crippen molar-refractivity contribution < 1.29 is 14.3 Å². The van der Waals surface area contributed by atoms with Crippen molar-refractivity contribution in [1.82, 2.24) is 4.90 Å². The van der Waals surface area contributed by atoms with E-state index in [-0.39, 0.29) is 12.0 Å². The summed E-state index contributed by atoms with van der Waals surface area (Å²) in [5.41, 5.74) is 3.25. The highest BCUT2D eigenvalue weighted by molar-refractivity contribution is 5.93. The second-order valence-corrected chi connectivity index (χ2v) is 6.61. The number of hydrogen-bond acceptors (Lipinski definition) is 4. The van der Waals surface area contributed by atoms with Crippen LogP contribution in [0.25, 0.3) is 0 Å². The lowest BCUT2D eigenvalue weighted by Crippen LogP contribution is -2.54. The maximum absolute atomic E-state index is 11.4. The molecule has 5 nitrogen and oxygen atoms in total. The summed E-state index contributed by atoms with van der Waals surface area (Å²) in [5, 5.41) is 2.89. The molecule has 0 radical (unpaired) electrons. The molecular weight excluding hydrogens is 316 g/mol. The van der Waals surface area contributed by atoms with Crippen LogP contribution in [-0.2, 0) is 22.6 Å². The van der Waals surface area contributed by atoms with Gasteiger partial charge in [-0.05, 0) is 35.7 Å². The lowest BCUT2D eigenvalue weighted by molar-refractivity contribution is -0.116. The highest BCUT2D eigenvalue weighted by Gasteiger charge is 2.28. The van der Waals surface area contributed by atoms with Crippen LogP contribution in [0.5, 0.6) is 5.75 Å². The fraction of sp³-hybridized carbons (Fsp3) is 0.350. The third-order valence-electron chi connectivity index (χ3n) is 4.58. The minimum Gasteiger partial charge on any atom is -0.488 e. The largest absolute Gasteiger partial charge is 0.488 e. The van der Waals surface area contributed by atoms with Gasteiger partial charge in [-0.15, -0.1) is 0 Å². The Morgan fingerprint density at radius 2 is 1.92 bits per heavy atom. The van der Waals surface area contributed by atoms with Gasteiger partial charge in [-0.2, -0.15) is 0 Å². The SMILES string of the molecule is O=C1CCc2cc(OC3CN(COCc4ccccc4)C3)ccc2N1. The van der Waals surface area contributed by atoms with E-state index in [1.165, 1.54) is 5.56 Å². The molecule has 0 atom stereocenters. The maximum atomic E-state index is 11.4. The fourth-order valence-electron chi connectivity index (χ4n) is 3.19. The number of hydrogen-bond donors (Lipinski definition) is 1. The van der Waals surface area contributed by atoms with Gasteiger partial charge in [0.1, 0.15) is 11.9 Å². The summed E-state index contributed by atoms with van der Waals surface area (Å²) >= 11 is 0. The van der Waals surface area contributed by atoms with Crippen molar-refractivity contribution in [3.63, 3.8) is 0 Å². The first-order valence-electron chi connectivity index (χ1n) is 8.70. The van der Waals surface area contributed by atoms with Crippen LogP contribution in [0.1, 0.15) is 17.5 Å². The first kappa shape index (κ1) is 16.1. The molecule has 0 aromatic heterocycles. The monoisotopic (exact) mass is 338 g/mol. The Kier molecular flexibility index (Phi) is 4.68. The van der Waals surface area contributed by atoms with Crippen molar-refractivity contribution in [3.05, 3.63) is 59.7 Å². The molecule has 1 fully saturated rings. The smallest absolute Gasteiger partial charge is 0.224 e. The number of likely N-dealkylation sites (tertiary alicyclic amines) is 1. The van der Waals surface area contributed by atoms with Gasteiger partial charge in [0.2, 0.25) is 5.91 Å². The molecule has 2 heterocycles. The van der Waals surface area contributed by atoms with Gasteiger partial charge in [0.25, 0.3) is 0 Å². The van der Waals surface area contributed by atoms with E-state index >= 15 is 0 Å². The van der Waals surface area contributed by atoms with E-state index < -0.39 is 0 Å². The number of nitrogens with one attached hydrogen (secondary N) is 1. The second-order valence-electron chi connectivity index (χ2n) is 6.61. The molecule has 0 aliphatic carbocycles. The van der Waals surface area contributed by atoms with Gasteiger partial charge in [0.05, 0.1) is 13.3 Å².